The Morgan fingerprint density at radius 2 is 1.26 bits per heavy atom. The monoisotopic (exact) mass is 354 g/mol. The first-order chi connectivity index (χ1) is 9.20. The zero-order valence-corrected chi connectivity index (χ0v) is 13.3. The van der Waals surface area contributed by atoms with Crippen LogP contribution in [0.15, 0.2) is 54.6 Å². The molecule has 0 fully saturated rings. The summed E-state index contributed by atoms with van der Waals surface area (Å²) in [5, 5.41) is 2.44. The van der Waals surface area contributed by atoms with Crippen LogP contribution < -0.4 is 0 Å². The van der Waals surface area contributed by atoms with Crippen LogP contribution in [0.5, 0.6) is 0 Å². The van der Waals surface area contributed by atoms with Gasteiger partial charge in [-0.25, -0.2) is 0 Å². The maximum atomic E-state index is 5.94. The molecule has 0 radical (unpaired) electrons. The van der Waals surface area contributed by atoms with Gasteiger partial charge in [0.2, 0.25) is 0 Å². The molecule has 0 unspecified atom stereocenters. The van der Waals surface area contributed by atoms with E-state index in [0.717, 1.165) is 32.9 Å². The highest BCUT2D eigenvalue weighted by Crippen LogP contribution is 2.26. The minimum atomic E-state index is 0.750. The fraction of sp³-hybridized carbons (Fsp3) is 0.125. The Bertz CT molecular complexity index is 509. The molecular weight excluding hydrogens is 343 g/mol. The molecule has 0 amide bonds. The summed E-state index contributed by atoms with van der Waals surface area (Å²) in [6, 6.07) is 15.8. The highest BCUT2D eigenvalue weighted by Gasteiger charge is 2.05. The molecule has 0 aromatic heterocycles. The first-order valence-electron chi connectivity index (χ1n) is 5.98. The lowest BCUT2D eigenvalue weighted by Crippen LogP contribution is -1.88. The van der Waals surface area contributed by atoms with E-state index in [1.54, 1.807) is 0 Å². The summed E-state index contributed by atoms with van der Waals surface area (Å²) in [4.78, 5) is 0. The van der Waals surface area contributed by atoms with Crippen molar-refractivity contribution in [3.05, 3.63) is 75.8 Å². The minimum absolute atomic E-state index is 0.750. The van der Waals surface area contributed by atoms with Crippen LogP contribution in [-0.2, 0) is 0 Å². The summed E-state index contributed by atoms with van der Waals surface area (Å²) in [6.45, 7) is 0. The smallest absolute Gasteiger partial charge is 0.0406 e. The minimum Gasteiger partial charge on any atom is -0.0925 e. The van der Waals surface area contributed by atoms with Gasteiger partial charge in [0.25, 0.3) is 0 Å². The van der Waals surface area contributed by atoms with Gasteiger partial charge in [-0.1, -0.05) is 69.5 Å². The van der Waals surface area contributed by atoms with E-state index in [2.05, 4.69) is 22.0 Å². The summed E-state index contributed by atoms with van der Waals surface area (Å²) in [5.41, 5.74) is 3.52. The van der Waals surface area contributed by atoms with Crippen LogP contribution in [0.3, 0.4) is 0 Å². The van der Waals surface area contributed by atoms with E-state index >= 15 is 0 Å². The molecule has 0 aliphatic heterocycles. The topological polar surface area (TPSA) is 0 Å². The van der Waals surface area contributed by atoms with Crippen molar-refractivity contribution < 1.29 is 0 Å². The Labute approximate surface area is 132 Å². The van der Waals surface area contributed by atoms with Gasteiger partial charge in [-0.05, 0) is 47.4 Å². The second-order valence-corrected chi connectivity index (χ2v) is 5.78. The van der Waals surface area contributed by atoms with Gasteiger partial charge in [-0.15, -0.1) is 0 Å². The Morgan fingerprint density at radius 1 is 0.842 bits per heavy atom. The first kappa shape index (κ1) is 14.6. The highest BCUT2D eigenvalue weighted by atomic mass is 79.9. The van der Waals surface area contributed by atoms with E-state index in [-0.39, 0.29) is 0 Å². The zero-order chi connectivity index (χ0) is 13.7. The summed E-state index contributed by atoms with van der Waals surface area (Å²) >= 11 is 15.3. The van der Waals surface area contributed by atoms with Gasteiger partial charge in [-0.2, -0.15) is 0 Å². The van der Waals surface area contributed by atoms with Crippen molar-refractivity contribution in [1.82, 2.24) is 0 Å². The third kappa shape index (κ3) is 4.10. The molecule has 0 nitrogen and oxygen atoms in total. The summed E-state index contributed by atoms with van der Waals surface area (Å²) < 4.78 is 0. The number of alkyl halides is 1. The third-order valence-electron chi connectivity index (χ3n) is 2.77. The molecular formula is C16H13BrCl2. The summed E-state index contributed by atoms with van der Waals surface area (Å²) in [7, 11) is 0. The molecule has 2 rings (SSSR count). The first-order valence-corrected chi connectivity index (χ1v) is 7.86. The maximum absolute atomic E-state index is 5.94. The molecule has 0 heterocycles. The molecule has 3 heteroatoms. The number of allylic oxidation sites excluding steroid dienone is 1. The van der Waals surface area contributed by atoms with Gasteiger partial charge in [-0.3, -0.25) is 0 Å². The Morgan fingerprint density at radius 3 is 1.63 bits per heavy atom. The van der Waals surface area contributed by atoms with E-state index in [9.17, 15) is 0 Å². The van der Waals surface area contributed by atoms with Gasteiger partial charge in [0.15, 0.2) is 0 Å². The predicted molar refractivity (Wildman–Crippen MR) is 88.4 cm³/mol. The fourth-order valence-corrected chi connectivity index (χ4v) is 2.34. The van der Waals surface area contributed by atoms with E-state index in [0.29, 0.717) is 0 Å². The fourth-order valence-electron chi connectivity index (χ4n) is 1.86. The highest BCUT2D eigenvalue weighted by molar-refractivity contribution is 9.09. The Kier molecular flexibility index (Phi) is 5.50. The number of hydrogen-bond donors (Lipinski definition) is 0. The van der Waals surface area contributed by atoms with E-state index in [1.165, 1.54) is 5.57 Å². The third-order valence-corrected chi connectivity index (χ3v) is 3.73. The lowest BCUT2D eigenvalue weighted by Gasteiger charge is -2.09. The standard InChI is InChI=1S/C16H13BrCl2/c17-11-1-2-16(12-3-7-14(18)8-4-12)13-5-9-15(19)10-6-13/h2-10H,1,11H2. The average Bonchev–Trinajstić information content (AvgIpc) is 2.43. The molecule has 0 bridgehead atoms. The molecule has 0 aliphatic rings. The number of rotatable bonds is 4. The molecule has 0 spiro atoms. The largest absolute Gasteiger partial charge is 0.0925 e. The number of halogens is 3. The van der Waals surface area contributed by atoms with Crippen molar-refractivity contribution >= 4 is 44.7 Å². The molecule has 19 heavy (non-hydrogen) atoms. The number of benzene rings is 2. The average molecular weight is 356 g/mol. The molecule has 0 atom stereocenters. The van der Waals surface area contributed by atoms with Crippen molar-refractivity contribution in [3.63, 3.8) is 0 Å². The second kappa shape index (κ2) is 7.14. The summed E-state index contributed by atoms with van der Waals surface area (Å²) in [6.07, 6.45) is 3.20. The van der Waals surface area contributed by atoms with E-state index in [1.807, 2.05) is 48.5 Å². The molecule has 2 aromatic rings. The van der Waals surface area contributed by atoms with Crippen molar-refractivity contribution in [1.29, 1.82) is 0 Å². The molecule has 0 saturated heterocycles. The second-order valence-electron chi connectivity index (χ2n) is 4.11. The number of hydrogen-bond acceptors (Lipinski definition) is 0. The van der Waals surface area contributed by atoms with Crippen molar-refractivity contribution in [2.45, 2.75) is 6.42 Å². The maximum Gasteiger partial charge on any atom is 0.0406 e. The van der Waals surface area contributed by atoms with Gasteiger partial charge < -0.3 is 0 Å². The van der Waals surface area contributed by atoms with Crippen LogP contribution in [0.4, 0.5) is 0 Å². The summed E-state index contributed by atoms with van der Waals surface area (Å²) in [5.74, 6) is 0. The van der Waals surface area contributed by atoms with Crippen molar-refractivity contribution in [3.8, 4) is 0 Å². The molecule has 2 aromatic carbocycles. The lowest BCUT2D eigenvalue weighted by atomic mass is 9.97. The molecule has 98 valence electrons. The SMILES string of the molecule is Clc1ccc(C(=CCCBr)c2ccc(Cl)cc2)cc1. The van der Waals surface area contributed by atoms with Gasteiger partial charge >= 0.3 is 0 Å². The van der Waals surface area contributed by atoms with E-state index in [4.69, 9.17) is 23.2 Å². The van der Waals surface area contributed by atoms with Crippen LogP contribution in [-0.4, -0.2) is 5.33 Å². The molecule has 0 saturated carbocycles. The van der Waals surface area contributed by atoms with Crippen molar-refractivity contribution in [2.24, 2.45) is 0 Å². The van der Waals surface area contributed by atoms with Gasteiger partial charge in [0, 0.05) is 15.4 Å². The van der Waals surface area contributed by atoms with E-state index < -0.39 is 0 Å². The van der Waals surface area contributed by atoms with Crippen LogP contribution in [0.1, 0.15) is 17.5 Å². The van der Waals surface area contributed by atoms with Crippen LogP contribution in [0.2, 0.25) is 10.0 Å². The van der Waals surface area contributed by atoms with Crippen LogP contribution in [0.25, 0.3) is 5.57 Å². The van der Waals surface area contributed by atoms with Gasteiger partial charge in [0.05, 0.1) is 0 Å². The van der Waals surface area contributed by atoms with Crippen molar-refractivity contribution in [2.75, 3.05) is 5.33 Å². The normalized spacial score (nSPS) is 10.3. The molecule has 0 N–H and O–H groups in total. The quantitative estimate of drug-likeness (QED) is 0.572. The molecule has 0 aliphatic carbocycles. The zero-order valence-electron chi connectivity index (χ0n) is 10.2. The van der Waals surface area contributed by atoms with Gasteiger partial charge in [0.1, 0.15) is 0 Å². The Balaban J connectivity index is 2.41. The predicted octanol–water partition coefficient (Wildman–Crippen LogP) is 6.21. The van der Waals surface area contributed by atoms with Crippen LogP contribution >= 0.6 is 39.1 Å². The van der Waals surface area contributed by atoms with Crippen LogP contribution in [0, 0.1) is 0 Å². The Hall–Kier alpha value is -0.760. The lowest BCUT2D eigenvalue weighted by molar-refractivity contribution is 1.26.